The zero-order valence-corrected chi connectivity index (χ0v) is 18.9. The lowest BCUT2D eigenvalue weighted by atomic mass is 9.88. The fraction of sp³-hybridized carbons (Fsp3) is 0.360. The van der Waals surface area contributed by atoms with Gasteiger partial charge in [0.2, 0.25) is 5.91 Å². The van der Waals surface area contributed by atoms with Crippen LogP contribution in [-0.2, 0) is 9.53 Å². The number of hydrogen-bond donors (Lipinski definition) is 2. The average Bonchev–Trinajstić information content (AvgIpc) is 2.83. The van der Waals surface area contributed by atoms with E-state index < -0.39 is 0 Å². The Kier molecular flexibility index (Phi) is 5.78. The number of urea groups is 1. The molecule has 0 radical (unpaired) electrons. The number of fused-ring (bicyclic) bond motifs is 2. The molecule has 0 aliphatic carbocycles. The summed E-state index contributed by atoms with van der Waals surface area (Å²) in [5, 5.41) is 6.05. The van der Waals surface area contributed by atoms with E-state index in [1.807, 2.05) is 54.3 Å². The molecular formula is C25H28N4O4. The Hall–Kier alpha value is -3.36. The summed E-state index contributed by atoms with van der Waals surface area (Å²) in [5.74, 6) is 0.835. The predicted octanol–water partition coefficient (Wildman–Crippen LogP) is 2.45. The van der Waals surface area contributed by atoms with Crippen molar-refractivity contribution in [2.75, 3.05) is 51.4 Å². The summed E-state index contributed by atoms with van der Waals surface area (Å²) in [6.07, 6.45) is 0. The Labute approximate surface area is 193 Å². The van der Waals surface area contributed by atoms with Gasteiger partial charge in [0.15, 0.2) is 0 Å². The van der Waals surface area contributed by atoms with E-state index in [4.69, 9.17) is 9.47 Å². The summed E-state index contributed by atoms with van der Waals surface area (Å²) in [5.41, 5.74) is 5.37. The number of anilines is 1. The number of para-hydroxylation sites is 1. The number of morpholine rings is 1. The zero-order valence-electron chi connectivity index (χ0n) is 18.9. The molecular weight excluding hydrogens is 420 g/mol. The Morgan fingerprint density at radius 1 is 1.18 bits per heavy atom. The standard InChI is InChI=1S/C25H28N4O4/c1-16-13-17(7-8-21(16)32-2)23-19-14-29(22(30)15-28-9-11-33-12-10-28)20-6-4-3-5-18(20)24(19)27-25(31)26-23/h3-8,13,23H,9-12,14-15H2,1-2H3,(H2,26,27,31). The van der Waals surface area contributed by atoms with Crippen molar-refractivity contribution < 1.29 is 19.1 Å². The number of ether oxygens (including phenoxy) is 2. The minimum atomic E-state index is -0.342. The van der Waals surface area contributed by atoms with Crippen LogP contribution < -0.4 is 20.3 Å². The summed E-state index contributed by atoms with van der Waals surface area (Å²) in [7, 11) is 1.64. The highest BCUT2D eigenvalue weighted by molar-refractivity contribution is 6.03. The van der Waals surface area contributed by atoms with Gasteiger partial charge in [-0.25, -0.2) is 4.79 Å². The highest BCUT2D eigenvalue weighted by Gasteiger charge is 2.37. The van der Waals surface area contributed by atoms with Crippen molar-refractivity contribution >= 4 is 23.3 Å². The Bertz CT molecular complexity index is 1120. The molecule has 0 spiro atoms. The average molecular weight is 449 g/mol. The molecule has 0 aromatic heterocycles. The number of carbonyl (C=O) groups excluding carboxylic acids is 2. The molecule has 0 saturated carbocycles. The largest absolute Gasteiger partial charge is 0.496 e. The number of nitrogens with one attached hydrogen (secondary N) is 2. The van der Waals surface area contributed by atoms with Gasteiger partial charge in [-0.15, -0.1) is 0 Å². The predicted molar refractivity (Wildman–Crippen MR) is 125 cm³/mol. The third-order valence-corrected chi connectivity index (χ3v) is 6.49. The Morgan fingerprint density at radius 3 is 2.73 bits per heavy atom. The Balaban J connectivity index is 1.52. The molecule has 8 nitrogen and oxygen atoms in total. The van der Waals surface area contributed by atoms with E-state index in [1.165, 1.54) is 0 Å². The minimum absolute atomic E-state index is 0.0393. The summed E-state index contributed by atoms with van der Waals surface area (Å²) < 4.78 is 10.8. The fourth-order valence-electron chi connectivity index (χ4n) is 4.80. The topological polar surface area (TPSA) is 83.1 Å². The summed E-state index contributed by atoms with van der Waals surface area (Å²) in [6, 6.07) is 13.1. The van der Waals surface area contributed by atoms with Crippen LogP contribution in [0, 0.1) is 6.92 Å². The van der Waals surface area contributed by atoms with Crippen LogP contribution in [0.3, 0.4) is 0 Å². The quantitative estimate of drug-likeness (QED) is 0.751. The van der Waals surface area contributed by atoms with Gasteiger partial charge in [-0.3, -0.25) is 9.69 Å². The van der Waals surface area contributed by atoms with E-state index in [9.17, 15) is 9.59 Å². The maximum atomic E-state index is 13.4. The molecule has 2 aromatic carbocycles. The van der Waals surface area contributed by atoms with Crippen LogP contribution in [-0.4, -0.2) is 63.3 Å². The molecule has 0 bridgehead atoms. The molecule has 3 aliphatic rings. The smallest absolute Gasteiger partial charge is 0.320 e. The van der Waals surface area contributed by atoms with Gasteiger partial charge in [0, 0.05) is 24.2 Å². The van der Waals surface area contributed by atoms with Gasteiger partial charge in [-0.2, -0.15) is 0 Å². The number of nitrogens with zero attached hydrogens (tertiary/aromatic N) is 2. The Morgan fingerprint density at radius 2 is 1.97 bits per heavy atom. The second-order valence-corrected chi connectivity index (χ2v) is 8.55. The first-order chi connectivity index (χ1) is 16.0. The maximum Gasteiger partial charge on any atom is 0.320 e. The van der Waals surface area contributed by atoms with Crippen molar-refractivity contribution in [3.05, 3.63) is 64.7 Å². The van der Waals surface area contributed by atoms with Gasteiger partial charge >= 0.3 is 6.03 Å². The number of aryl methyl sites for hydroxylation is 1. The molecule has 3 aliphatic heterocycles. The van der Waals surface area contributed by atoms with E-state index in [-0.39, 0.29) is 18.0 Å². The normalized spacial score (nSPS) is 20.5. The van der Waals surface area contributed by atoms with Crippen LogP contribution in [0.25, 0.3) is 5.70 Å². The molecule has 8 heteroatoms. The SMILES string of the molecule is COc1ccc(C2NC(=O)NC3=C2CN(C(=O)CN2CCOCC2)c2ccccc23)cc1C. The van der Waals surface area contributed by atoms with Crippen LogP contribution >= 0.6 is 0 Å². The van der Waals surface area contributed by atoms with E-state index >= 15 is 0 Å². The first-order valence-corrected chi connectivity index (χ1v) is 11.2. The molecule has 2 N–H and O–H groups in total. The number of hydrogen-bond acceptors (Lipinski definition) is 5. The fourth-order valence-corrected chi connectivity index (χ4v) is 4.80. The van der Waals surface area contributed by atoms with Crippen molar-refractivity contribution in [1.82, 2.24) is 15.5 Å². The molecule has 1 saturated heterocycles. The van der Waals surface area contributed by atoms with Gasteiger partial charge in [0.1, 0.15) is 5.75 Å². The van der Waals surface area contributed by atoms with E-state index in [2.05, 4.69) is 15.5 Å². The summed E-state index contributed by atoms with van der Waals surface area (Å²) in [6.45, 7) is 5.52. The van der Waals surface area contributed by atoms with Gasteiger partial charge in [0.25, 0.3) is 0 Å². The molecule has 1 unspecified atom stereocenters. The van der Waals surface area contributed by atoms with E-state index in [0.29, 0.717) is 26.3 Å². The maximum absolute atomic E-state index is 13.4. The number of amides is 3. The monoisotopic (exact) mass is 448 g/mol. The number of methoxy groups -OCH3 is 1. The first-order valence-electron chi connectivity index (χ1n) is 11.2. The molecule has 3 amide bonds. The second-order valence-electron chi connectivity index (χ2n) is 8.55. The number of benzene rings is 2. The lowest BCUT2D eigenvalue weighted by molar-refractivity contribution is -0.120. The number of rotatable bonds is 4. The molecule has 3 heterocycles. The number of carbonyl (C=O) groups is 2. The van der Waals surface area contributed by atoms with Crippen LogP contribution in [0.2, 0.25) is 0 Å². The molecule has 1 fully saturated rings. The molecule has 2 aromatic rings. The molecule has 172 valence electrons. The third kappa shape index (κ3) is 4.07. The van der Waals surface area contributed by atoms with Crippen LogP contribution in [0.15, 0.2) is 48.0 Å². The lowest BCUT2D eigenvalue weighted by Gasteiger charge is -2.40. The highest BCUT2D eigenvalue weighted by atomic mass is 16.5. The van der Waals surface area contributed by atoms with Crippen molar-refractivity contribution in [1.29, 1.82) is 0 Å². The lowest BCUT2D eigenvalue weighted by Crippen LogP contribution is -2.51. The van der Waals surface area contributed by atoms with Crippen molar-refractivity contribution in [2.45, 2.75) is 13.0 Å². The van der Waals surface area contributed by atoms with Crippen LogP contribution in [0.1, 0.15) is 22.7 Å². The van der Waals surface area contributed by atoms with Gasteiger partial charge in [-0.05, 0) is 36.2 Å². The van der Waals surface area contributed by atoms with E-state index in [0.717, 1.165) is 52.5 Å². The summed E-state index contributed by atoms with van der Waals surface area (Å²) in [4.78, 5) is 30.0. The highest BCUT2D eigenvalue weighted by Crippen LogP contribution is 2.40. The van der Waals surface area contributed by atoms with Crippen LogP contribution in [0.5, 0.6) is 5.75 Å². The first kappa shape index (κ1) is 21.5. The van der Waals surface area contributed by atoms with E-state index in [1.54, 1.807) is 7.11 Å². The van der Waals surface area contributed by atoms with Gasteiger partial charge < -0.3 is 25.0 Å². The second kappa shape index (κ2) is 8.88. The van der Waals surface area contributed by atoms with Crippen molar-refractivity contribution in [3.63, 3.8) is 0 Å². The van der Waals surface area contributed by atoms with Crippen molar-refractivity contribution in [3.8, 4) is 5.75 Å². The molecule has 1 atom stereocenters. The van der Waals surface area contributed by atoms with Gasteiger partial charge in [0.05, 0.1) is 50.8 Å². The summed E-state index contributed by atoms with van der Waals surface area (Å²) >= 11 is 0. The van der Waals surface area contributed by atoms with Crippen LogP contribution in [0.4, 0.5) is 10.5 Å². The minimum Gasteiger partial charge on any atom is -0.496 e. The third-order valence-electron chi connectivity index (χ3n) is 6.49. The zero-order chi connectivity index (χ0) is 22.9. The van der Waals surface area contributed by atoms with Gasteiger partial charge in [-0.1, -0.05) is 24.3 Å². The molecule has 5 rings (SSSR count). The van der Waals surface area contributed by atoms with Crippen molar-refractivity contribution in [2.24, 2.45) is 0 Å². The molecule has 33 heavy (non-hydrogen) atoms.